The van der Waals surface area contributed by atoms with Gasteiger partial charge < -0.3 is 10.6 Å². The van der Waals surface area contributed by atoms with Gasteiger partial charge in [0, 0.05) is 38.2 Å². The van der Waals surface area contributed by atoms with Crippen LogP contribution in [0, 0.1) is 6.92 Å². The fraction of sp³-hybridized carbons (Fsp3) is 0.389. The molecule has 0 spiro atoms. The number of nitrogens with one attached hydrogen (secondary N) is 2. The largest absolute Gasteiger partial charge is 0.352 e. The van der Waals surface area contributed by atoms with Crippen LogP contribution in [0.1, 0.15) is 35.0 Å². The lowest BCUT2D eigenvalue weighted by Crippen LogP contribution is -2.35. The summed E-state index contributed by atoms with van der Waals surface area (Å²) in [5.74, 6) is -0.105. The highest BCUT2D eigenvalue weighted by atomic mass is 32.1. The lowest BCUT2D eigenvalue weighted by Gasteiger charge is -2.16. The zero-order valence-electron chi connectivity index (χ0n) is 14.4. The fourth-order valence-corrected chi connectivity index (χ4v) is 3.71. The van der Waals surface area contributed by atoms with Crippen molar-refractivity contribution in [2.24, 2.45) is 0 Å². The zero-order valence-corrected chi connectivity index (χ0v) is 15.2. The minimum absolute atomic E-state index is 0.0174. The van der Waals surface area contributed by atoms with Gasteiger partial charge in [-0.2, -0.15) is 4.37 Å². The van der Waals surface area contributed by atoms with Crippen LogP contribution >= 0.6 is 11.5 Å². The first-order valence-electron chi connectivity index (χ1n) is 8.32. The quantitative estimate of drug-likeness (QED) is 0.861. The van der Waals surface area contributed by atoms with E-state index >= 15 is 0 Å². The van der Waals surface area contributed by atoms with E-state index in [1.807, 2.05) is 37.3 Å². The summed E-state index contributed by atoms with van der Waals surface area (Å²) < 4.78 is 4.17. The summed E-state index contributed by atoms with van der Waals surface area (Å²) in [4.78, 5) is 25.8. The van der Waals surface area contributed by atoms with Gasteiger partial charge in [0.05, 0.1) is 5.69 Å². The topological polar surface area (TPSA) is 74.3 Å². The highest BCUT2D eigenvalue weighted by molar-refractivity contribution is 7.10. The van der Waals surface area contributed by atoms with E-state index in [0.29, 0.717) is 5.56 Å². The summed E-state index contributed by atoms with van der Waals surface area (Å²) in [6.07, 6.45) is 0.963. The summed E-state index contributed by atoms with van der Waals surface area (Å²) in [7, 11) is 0. The van der Waals surface area contributed by atoms with Crippen LogP contribution < -0.4 is 10.6 Å². The maximum absolute atomic E-state index is 12.4. The van der Waals surface area contributed by atoms with Crippen LogP contribution in [0.3, 0.4) is 0 Å². The van der Waals surface area contributed by atoms with Crippen molar-refractivity contribution in [3.8, 4) is 0 Å². The fourth-order valence-electron chi connectivity index (χ4n) is 3.06. The molecule has 3 rings (SSSR count). The first-order chi connectivity index (χ1) is 12.0. The van der Waals surface area contributed by atoms with Crippen LogP contribution in [-0.2, 0) is 11.3 Å². The Morgan fingerprint density at radius 2 is 2.20 bits per heavy atom. The second-order valence-corrected chi connectivity index (χ2v) is 7.21. The Morgan fingerprint density at radius 3 is 2.92 bits per heavy atom. The molecule has 1 atom stereocenters. The predicted octanol–water partition coefficient (Wildman–Crippen LogP) is 2.41. The van der Waals surface area contributed by atoms with E-state index in [1.54, 1.807) is 6.92 Å². The summed E-state index contributed by atoms with van der Waals surface area (Å²) >= 11 is 1.28. The van der Waals surface area contributed by atoms with E-state index in [9.17, 15) is 9.59 Å². The molecule has 7 heteroatoms. The van der Waals surface area contributed by atoms with Crippen LogP contribution in [0.25, 0.3) is 0 Å². The molecular weight excluding hydrogens is 336 g/mol. The molecule has 0 bridgehead atoms. The number of aryl methyl sites for hydroxylation is 1. The summed E-state index contributed by atoms with van der Waals surface area (Å²) in [6, 6.07) is 9.76. The second-order valence-electron chi connectivity index (χ2n) is 6.41. The van der Waals surface area contributed by atoms with Gasteiger partial charge in [-0.15, -0.1) is 0 Å². The Hall–Kier alpha value is -2.25. The molecule has 2 heterocycles. The Kier molecular flexibility index (Phi) is 5.45. The third-order valence-corrected chi connectivity index (χ3v) is 4.94. The van der Waals surface area contributed by atoms with Crippen molar-refractivity contribution in [3.63, 3.8) is 0 Å². The standard InChI is InChI=1S/C18H22N4O2S/c1-12-8-17(25-21-12)20-18(24)15-5-3-4-14(9-15)10-22-7-6-16(11-22)19-13(2)23/h3-5,8-9,16H,6-7,10-11H2,1-2H3,(H,19,23)(H,20,24)/t16-/m0/s1. The van der Waals surface area contributed by atoms with E-state index in [1.165, 1.54) is 11.5 Å². The van der Waals surface area contributed by atoms with Gasteiger partial charge >= 0.3 is 0 Å². The van der Waals surface area contributed by atoms with Crippen molar-refractivity contribution in [1.29, 1.82) is 0 Å². The number of nitrogens with zero attached hydrogens (tertiary/aromatic N) is 2. The number of benzene rings is 1. The highest BCUT2D eigenvalue weighted by Gasteiger charge is 2.23. The lowest BCUT2D eigenvalue weighted by molar-refractivity contribution is -0.119. The lowest BCUT2D eigenvalue weighted by atomic mass is 10.1. The third kappa shape index (κ3) is 4.87. The van der Waals surface area contributed by atoms with E-state index < -0.39 is 0 Å². The van der Waals surface area contributed by atoms with Gasteiger partial charge in [0.2, 0.25) is 5.91 Å². The van der Waals surface area contributed by atoms with E-state index in [0.717, 1.165) is 42.3 Å². The monoisotopic (exact) mass is 358 g/mol. The van der Waals surface area contributed by atoms with Crippen molar-refractivity contribution in [2.45, 2.75) is 32.9 Å². The number of rotatable bonds is 5. The van der Waals surface area contributed by atoms with Crippen molar-refractivity contribution in [1.82, 2.24) is 14.6 Å². The van der Waals surface area contributed by atoms with Gasteiger partial charge in [0.15, 0.2) is 0 Å². The summed E-state index contributed by atoms with van der Waals surface area (Å²) in [6.45, 7) is 6.01. The zero-order chi connectivity index (χ0) is 17.8. The maximum atomic E-state index is 12.4. The molecule has 1 aromatic carbocycles. The minimum Gasteiger partial charge on any atom is -0.352 e. The first-order valence-corrected chi connectivity index (χ1v) is 9.10. The molecule has 2 amide bonds. The molecule has 1 aromatic heterocycles. The number of aromatic nitrogens is 1. The molecule has 1 aliphatic rings. The average molecular weight is 358 g/mol. The smallest absolute Gasteiger partial charge is 0.256 e. The van der Waals surface area contributed by atoms with Crippen LogP contribution in [0.2, 0.25) is 0 Å². The molecule has 6 nitrogen and oxygen atoms in total. The molecule has 1 aliphatic heterocycles. The number of carbonyl (C=O) groups is 2. The molecule has 132 valence electrons. The van der Waals surface area contributed by atoms with Crippen molar-refractivity contribution in [3.05, 3.63) is 47.2 Å². The Balaban J connectivity index is 1.60. The van der Waals surface area contributed by atoms with Gasteiger partial charge in [-0.05, 0) is 48.6 Å². The van der Waals surface area contributed by atoms with Gasteiger partial charge in [-0.25, -0.2) is 0 Å². The average Bonchev–Trinajstić information content (AvgIpc) is 3.16. The van der Waals surface area contributed by atoms with Gasteiger partial charge in [0.25, 0.3) is 5.91 Å². The number of amides is 2. The van der Waals surface area contributed by atoms with Crippen molar-refractivity contribution in [2.75, 3.05) is 18.4 Å². The van der Waals surface area contributed by atoms with Crippen molar-refractivity contribution < 1.29 is 9.59 Å². The molecule has 25 heavy (non-hydrogen) atoms. The molecule has 1 fully saturated rings. The molecule has 0 saturated carbocycles. The number of hydrogen-bond acceptors (Lipinski definition) is 5. The van der Waals surface area contributed by atoms with E-state index in [4.69, 9.17) is 0 Å². The summed E-state index contributed by atoms with van der Waals surface area (Å²) in [5, 5.41) is 6.61. The van der Waals surface area contributed by atoms with Crippen LogP contribution in [-0.4, -0.2) is 40.2 Å². The number of anilines is 1. The van der Waals surface area contributed by atoms with E-state index in [-0.39, 0.29) is 17.9 Å². The number of hydrogen-bond donors (Lipinski definition) is 2. The minimum atomic E-state index is -0.122. The SMILES string of the molecule is CC(=O)N[C@H]1CCN(Cc2cccc(C(=O)Nc3cc(C)ns3)c2)C1. The normalized spacial score (nSPS) is 17.4. The Morgan fingerprint density at radius 1 is 1.36 bits per heavy atom. The van der Waals surface area contributed by atoms with Gasteiger partial charge in [-0.1, -0.05) is 12.1 Å². The van der Waals surface area contributed by atoms with E-state index in [2.05, 4.69) is 19.9 Å². The molecule has 1 saturated heterocycles. The number of likely N-dealkylation sites (tertiary alicyclic amines) is 1. The van der Waals surface area contributed by atoms with Crippen molar-refractivity contribution >= 4 is 28.3 Å². The molecule has 0 radical (unpaired) electrons. The molecule has 0 aliphatic carbocycles. The van der Waals surface area contributed by atoms with Gasteiger partial charge in [-0.3, -0.25) is 14.5 Å². The highest BCUT2D eigenvalue weighted by Crippen LogP contribution is 2.18. The Bertz CT molecular complexity index is 774. The van der Waals surface area contributed by atoms with Crippen LogP contribution in [0.4, 0.5) is 5.00 Å². The van der Waals surface area contributed by atoms with Crippen LogP contribution in [0.5, 0.6) is 0 Å². The predicted molar refractivity (Wildman–Crippen MR) is 98.7 cm³/mol. The van der Waals surface area contributed by atoms with Gasteiger partial charge in [0.1, 0.15) is 5.00 Å². The molecule has 2 N–H and O–H groups in total. The Labute approximate surface area is 151 Å². The second kappa shape index (κ2) is 7.76. The molecular formula is C18H22N4O2S. The molecule has 2 aromatic rings. The number of carbonyl (C=O) groups excluding carboxylic acids is 2. The maximum Gasteiger partial charge on any atom is 0.256 e. The summed E-state index contributed by atoms with van der Waals surface area (Å²) in [5.41, 5.74) is 2.63. The third-order valence-electron chi connectivity index (χ3n) is 4.14. The van der Waals surface area contributed by atoms with Crippen LogP contribution in [0.15, 0.2) is 30.3 Å². The molecule has 0 unspecified atom stereocenters. The first kappa shape index (κ1) is 17.6.